The second-order valence-corrected chi connectivity index (χ2v) is 5.34. The molecule has 0 saturated carbocycles. The SMILES string of the molecule is CC(C)N(Cc1ccccc1N)C1CCCOC1. The first kappa shape index (κ1) is 13.4. The smallest absolute Gasteiger partial charge is 0.0622 e. The maximum absolute atomic E-state index is 6.04. The molecule has 2 rings (SSSR count). The average molecular weight is 248 g/mol. The number of nitrogen functional groups attached to an aromatic ring is 1. The molecular formula is C15H24N2O. The van der Waals surface area contributed by atoms with Gasteiger partial charge >= 0.3 is 0 Å². The van der Waals surface area contributed by atoms with Crippen LogP contribution in [0.2, 0.25) is 0 Å². The third-order valence-electron chi connectivity index (χ3n) is 3.68. The summed E-state index contributed by atoms with van der Waals surface area (Å²) in [6, 6.07) is 9.18. The number of nitrogens with zero attached hydrogens (tertiary/aromatic N) is 1. The number of benzene rings is 1. The molecule has 1 heterocycles. The van der Waals surface area contributed by atoms with E-state index in [1.807, 2.05) is 12.1 Å². The molecule has 1 aliphatic heterocycles. The van der Waals surface area contributed by atoms with Crippen LogP contribution in [0.15, 0.2) is 24.3 Å². The van der Waals surface area contributed by atoms with Gasteiger partial charge in [-0.1, -0.05) is 18.2 Å². The molecule has 0 radical (unpaired) electrons. The molecule has 1 aromatic rings. The monoisotopic (exact) mass is 248 g/mol. The molecule has 3 nitrogen and oxygen atoms in total. The van der Waals surface area contributed by atoms with E-state index in [-0.39, 0.29) is 0 Å². The Balaban J connectivity index is 2.08. The average Bonchev–Trinajstić information content (AvgIpc) is 2.38. The van der Waals surface area contributed by atoms with E-state index in [0.717, 1.165) is 31.9 Å². The normalized spacial score (nSPS) is 20.6. The second kappa shape index (κ2) is 6.21. The maximum atomic E-state index is 6.04. The molecule has 1 fully saturated rings. The highest BCUT2D eigenvalue weighted by Gasteiger charge is 2.24. The highest BCUT2D eigenvalue weighted by molar-refractivity contribution is 5.46. The quantitative estimate of drug-likeness (QED) is 0.833. The van der Waals surface area contributed by atoms with Crippen LogP contribution < -0.4 is 5.73 Å². The van der Waals surface area contributed by atoms with Gasteiger partial charge in [0.2, 0.25) is 0 Å². The van der Waals surface area contributed by atoms with E-state index >= 15 is 0 Å². The van der Waals surface area contributed by atoms with Gasteiger partial charge in [0.1, 0.15) is 0 Å². The number of ether oxygens (including phenoxy) is 1. The lowest BCUT2D eigenvalue weighted by atomic mass is 10.0. The van der Waals surface area contributed by atoms with E-state index in [9.17, 15) is 0 Å². The Bertz CT molecular complexity index is 373. The maximum Gasteiger partial charge on any atom is 0.0622 e. The standard InChI is InChI=1S/C15H24N2O/c1-12(2)17(14-7-5-9-18-11-14)10-13-6-3-4-8-15(13)16/h3-4,6,8,12,14H,5,7,9-11,16H2,1-2H3. The number of para-hydroxylation sites is 1. The van der Waals surface area contributed by atoms with Gasteiger partial charge < -0.3 is 10.5 Å². The van der Waals surface area contributed by atoms with Gasteiger partial charge in [0, 0.05) is 30.9 Å². The zero-order valence-electron chi connectivity index (χ0n) is 11.4. The molecule has 1 saturated heterocycles. The molecule has 1 unspecified atom stereocenters. The fourth-order valence-electron chi connectivity index (χ4n) is 2.59. The van der Waals surface area contributed by atoms with Crippen LogP contribution in [0, 0.1) is 0 Å². The predicted molar refractivity (Wildman–Crippen MR) is 75.4 cm³/mol. The molecular weight excluding hydrogens is 224 g/mol. The molecule has 1 atom stereocenters. The van der Waals surface area contributed by atoms with E-state index in [2.05, 4.69) is 30.9 Å². The minimum Gasteiger partial charge on any atom is -0.398 e. The van der Waals surface area contributed by atoms with Crippen LogP contribution in [0.1, 0.15) is 32.3 Å². The van der Waals surface area contributed by atoms with Crippen molar-refractivity contribution in [3.8, 4) is 0 Å². The van der Waals surface area contributed by atoms with Crippen molar-refractivity contribution >= 4 is 5.69 Å². The van der Waals surface area contributed by atoms with E-state index in [1.54, 1.807) is 0 Å². The van der Waals surface area contributed by atoms with Crippen LogP contribution >= 0.6 is 0 Å². The molecule has 1 aliphatic rings. The summed E-state index contributed by atoms with van der Waals surface area (Å²) in [4.78, 5) is 2.50. The molecule has 2 N–H and O–H groups in total. The van der Waals surface area contributed by atoms with Crippen molar-refractivity contribution in [2.75, 3.05) is 18.9 Å². The molecule has 18 heavy (non-hydrogen) atoms. The van der Waals surface area contributed by atoms with Gasteiger partial charge in [-0.3, -0.25) is 4.90 Å². The molecule has 3 heteroatoms. The minimum atomic E-state index is 0.510. The molecule has 100 valence electrons. The van der Waals surface area contributed by atoms with Crippen molar-refractivity contribution in [2.45, 2.75) is 45.3 Å². The lowest BCUT2D eigenvalue weighted by Gasteiger charge is -2.37. The molecule has 0 bridgehead atoms. The molecule has 0 amide bonds. The second-order valence-electron chi connectivity index (χ2n) is 5.34. The lowest BCUT2D eigenvalue weighted by molar-refractivity contribution is 0.00201. The first-order valence-corrected chi connectivity index (χ1v) is 6.85. The lowest BCUT2D eigenvalue weighted by Crippen LogP contribution is -2.44. The van der Waals surface area contributed by atoms with Crippen molar-refractivity contribution in [1.82, 2.24) is 4.90 Å². The number of anilines is 1. The molecule has 0 aliphatic carbocycles. The number of hydrogen-bond donors (Lipinski definition) is 1. The summed E-state index contributed by atoms with van der Waals surface area (Å²) in [5.41, 5.74) is 8.15. The summed E-state index contributed by atoms with van der Waals surface area (Å²) >= 11 is 0. The van der Waals surface area contributed by atoms with Crippen molar-refractivity contribution in [3.63, 3.8) is 0 Å². The third kappa shape index (κ3) is 3.24. The molecule has 1 aromatic carbocycles. The summed E-state index contributed by atoms with van der Waals surface area (Å²) in [6.45, 7) is 7.17. The Hall–Kier alpha value is -1.06. The summed E-state index contributed by atoms with van der Waals surface area (Å²) in [6.07, 6.45) is 2.39. The highest BCUT2D eigenvalue weighted by atomic mass is 16.5. The van der Waals surface area contributed by atoms with Crippen LogP contribution in [-0.4, -0.2) is 30.2 Å². The highest BCUT2D eigenvalue weighted by Crippen LogP contribution is 2.21. The molecule has 0 aromatic heterocycles. The van der Waals surface area contributed by atoms with E-state index in [4.69, 9.17) is 10.5 Å². The van der Waals surface area contributed by atoms with Crippen LogP contribution in [0.4, 0.5) is 5.69 Å². The van der Waals surface area contributed by atoms with Gasteiger partial charge in [-0.2, -0.15) is 0 Å². The van der Waals surface area contributed by atoms with Crippen molar-refractivity contribution in [2.24, 2.45) is 0 Å². The Morgan fingerprint density at radius 1 is 1.39 bits per heavy atom. The van der Waals surface area contributed by atoms with Crippen molar-refractivity contribution < 1.29 is 4.74 Å². The van der Waals surface area contributed by atoms with Crippen LogP contribution in [0.25, 0.3) is 0 Å². The minimum absolute atomic E-state index is 0.510. The van der Waals surface area contributed by atoms with Gasteiger partial charge in [-0.15, -0.1) is 0 Å². The van der Waals surface area contributed by atoms with Crippen LogP contribution in [-0.2, 0) is 11.3 Å². The van der Waals surface area contributed by atoms with E-state index in [0.29, 0.717) is 12.1 Å². The zero-order chi connectivity index (χ0) is 13.0. The Kier molecular flexibility index (Phi) is 4.61. The van der Waals surface area contributed by atoms with Crippen molar-refractivity contribution in [3.05, 3.63) is 29.8 Å². The van der Waals surface area contributed by atoms with Gasteiger partial charge in [-0.05, 0) is 38.3 Å². The van der Waals surface area contributed by atoms with Crippen LogP contribution in [0.3, 0.4) is 0 Å². The Labute approximate surface area is 110 Å². The Morgan fingerprint density at radius 3 is 2.78 bits per heavy atom. The topological polar surface area (TPSA) is 38.5 Å². The van der Waals surface area contributed by atoms with E-state index in [1.165, 1.54) is 12.0 Å². The fourth-order valence-corrected chi connectivity index (χ4v) is 2.59. The third-order valence-corrected chi connectivity index (χ3v) is 3.68. The Morgan fingerprint density at radius 2 is 2.17 bits per heavy atom. The zero-order valence-corrected chi connectivity index (χ0v) is 11.4. The number of rotatable bonds is 4. The largest absolute Gasteiger partial charge is 0.398 e. The number of nitrogens with two attached hydrogens (primary N) is 1. The summed E-state index contributed by atoms with van der Waals surface area (Å²) < 4.78 is 5.61. The van der Waals surface area contributed by atoms with Crippen molar-refractivity contribution in [1.29, 1.82) is 0 Å². The summed E-state index contributed by atoms with van der Waals surface area (Å²) in [5.74, 6) is 0. The number of hydrogen-bond acceptors (Lipinski definition) is 3. The fraction of sp³-hybridized carbons (Fsp3) is 0.600. The van der Waals surface area contributed by atoms with E-state index < -0.39 is 0 Å². The van der Waals surface area contributed by atoms with Gasteiger partial charge in [0.15, 0.2) is 0 Å². The predicted octanol–water partition coefficient (Wildman–Crippen LogP) is 2.66. The van der Waals surface area contributed by atoms with Gasteiger partial charge in [-0.25, -0.2) is 0 Å². The summed E-state index contributed by atoms with van der Waals surface area (Å²) in [5, 5.41) is 0. The summed E-state index contributed by atoms with van der Waals surface area (Å²) in [7, 11) is 0. The van der Waals surface area contributed by atoms with Gasteiger partial charge in [0.05, 0.1) is 6.61 Å². The van der Waals surface area contributed by atoms with Crippen LogP contribution in [0.5, 0.6) is 0 Å². The first-order chi connectivity index (χ1) is 8.68. The van der Waals surface area contributed by atoms with Gasteiger partial charge in [0.25, 0.3) is 0 Å². The first-order valence-electron chi connectivity index (χ1n) is 6.85. The molecule has 0 spiro atoms.